The van der Waals surface area contributed by atoms with Gasteiger partial charge in [0.05, 0.1) is 28.4 Å². The van der Waals surface area contributed by atoms with Crippen LogP contribution in [0, 0.1) is 11.3 Å². The Bertz CT molecular complexity index is 866. The summed E-state index contributed by atoms with van der Waals surface area (Å²) in [6.07, 6.45) is 0. The second kappa shape index (κ2) is 4.71. The van der Waals surface area contributed by atoms with Crippen molar-refractivity contribution in [1.82, 2.24) is 9.13 Å². The number of para-hydroxylation sites is 1. The molecule has 0 radical (unpaired) electrons. The second-order valence-corrected chi connectivity index (χ2v) is 4.51. The van der Waals surface area contributed by atoms with Gasteiger partial charge in [-0.2, -0.15) is 5.26 Å². The molecular weight excluding hydrogens is 250 g/mol. The molecule has 0 bridgehead atoms. The monoisotopic (exact) mass is 263 g/mol. The molecule has 0 unspecified atom stereocenters. The predicted octanol–water partition coefficient (Wildman–Crippen LogP) is 2.68. The number of nitriles is 1. The van der Waals surface area contributed by atoms with Gasteiger partial charge in [-0.05, 0) is 37.3 Å². The van der Waals surface area contributed by atoms with Gasteiger partial charge in [0.2, 0.25) is 0 Å². The lowest BCUT2D eigenvalue weighted by molar-refractivity contribution is 0.734. The van der Waals surface area contributed by atoms with Gasteiger partial charge < -0.3 is 0 Å². The van der Waals surface area contributed by atoms with E-state index in [2.05, 4.69) is 6.07 Å². The lowest BCUT2D eigenvalue weighted by atomic mass is 10.2. The van der Waals surface area contributed by atoms with Crippen LogP contribution in [0.5, 0.6) is 0 Å². The lowest BCUT2D eigenvalue weighted by Crippen LogP contribution is -2.22. The van der Waals surface area contributed by atoms with Crippen LogP contribution < -0.4 is 5.69 Å². The summed E-state index contributed by atoms with van der Waals surface area (Å²) in [6.45, 7) is 2.50. The molecule has 0 saturated heterocycles. The third-order valence-corrected chi connectivity index (χ3v) is 3.39. The average molecular weight is 263 g/mol. The summed E-state index contributed by atoms with van der Waals surface area (Å²) >= 11 is 0. The van der Waals surface area contributed by atoms with Gasteiger partial charge in [0.1, 0.15) is 0 Å². The Labute approximate surface area is 116 Å². The fourth-order valence-electron chi connectivity index (χ4n) is 2.46. The van der Waals surface area contributed by atoms with Crippen LogP contribution in [0.3, 0.4) is 0 Å². The largest absolute Gasteiger partial charge is 0.333 e. The molecule has 0 spiro atoms. The Morgan fingerprint density at radius 1 is 1.10 bits per heavy atom. The summed E-state index contributed by atoms with van der Waals surface area (Å²) in [6, 6.07) is 17.0. The van der Waals surface area contributed by atoms with E-state index in [1.807, 2.05) is 43.3 Å². The van der Waals surface area contributed by atoms with Crippen LogP contribution in [0.1, 0.15) is 12.5 Å². The number of imidazole rings is 1. The van der Waals surface area contributed by atoms with Crippen molar-refractivity contribution in [3.05, 3.63) is 64.6 Å². The van der Waals surface area contributed by atoms with Crippen LogP contribution in [-0.4, -0.2) is 9.13 Å². The zero-order chi connectivity index (χ0) is 14.1. The van der Waals surface area contributed by atoms with Crippen molar-refractivity contribution in [2.45, 2.75) is 13.5 Å². The molecule has 0 amide bonds. The molecule has 4 nitrogen and oxygen atoms in total. The van der Waals surface area contributed by atoms with Crippen LogP contribution >= 0.6 is 0 Å². The van der Waals surface area contributed by atoms with Gasteiger partial charge >= 0.3 is 5.69 Å². The van der Waals surface area contributed by atoms with Gasteiger partial charge in [-0.1, -0.05) is 18.2 Å². The molecule has 4 heteroatoms. The van der Waals surface area contributed by atoms with E-state index in [4.69, 9.17) is 5.26 Å². The summed E-state index contributed by atoms with van der Waals surface area (Å²) in [5.41, 5.74) is 2.93. The van der Waals surface area contributed by atoms with Crippen molar-refractivity contribution >= 4 is 11.0 Å². The SMILES string of the molecule is CCn1c(=O)n(-c2ccccc2)c2ccc(C#N)cc21. The van der Waals surface area contributed by atoms with E-state index in [1.165, 1.54) is 0 Å². The number of benzene rings is 2. The van der Waals surface area contributed by atoms with Crippen molar-refractivity contribution in [2.75, 3.05) is 0 Å². The molecule has 0 aliphatic heterocycles. The molecule has 0 fully saturated rings. The number of nitrogens with zero attached hydrogens (tertiary/aromatic N) is 3. The van der Waals surface area contributed by atoms with Crippen molar-refractivity contribution in [3.63, 3.8) is 0 Å². The summed E-state index contributed by atoms with van der Waals surface area (Å²) in [7, 11) is 0. The summed E-state index contributed by atoms with van der Waals surface area (Å²) in [4.78, 5) is 12.6. The molecule has 0 atom stereocenters. The first-order chi connectivity index (χ1) is 9.76. The maximum absolute atomic E-state index is 12.6. The van der Waals surface area contributed by atoms with E-state index in [9.17, 15) is 4.79 Å². The van der Waals surface area contributed by atoms with E-state index in [0.29, 0.717) is 12.1 Å². The molecule has 3 aromatic rings. The number of aryl methyl sites for hydroxylation is 1. The van der Waals surface area contributed by atoms with Crippen LogP contribution in [0.4, 0.5) is 0 Å². The molecule has 0 aliphatic rings. The molecule has 0 N–H and O–H groups in total. The van der Waals surface area contributed by atoms with E-state index in [1.54, 1.807) is 21.3 Å². The molecule has 98 valence electrons. The molecule has 20 heavy (non-hydrogen) atoms. The smallest absolute Gasteiger partial charge is 0.292 e. The molecule has 2 aromatic carbocycles. The van der Waals surface area contributed by atoms with E-state index in [0.717, 1.165) is 16.7 Å². The lowest BCUT2D eigenvalue weighted by Gasteiger charge is -2.02. The van der Waals surface area contributed by atoms with Gasteiger partial charge in [-0.15, -0.1) is 0 Å². The van der Waals surface area contributed by atoms with Crippen LogP contribution in [-0.2, 0) is 6.54 Å². The van der Waals surface area contributed by atoms with E-state index < -0.39 is 0 Å². The van der Waals surface area contributed by atoms with E-state index >= 15 is 0 Å². The van der Waals surface area contributed by atoms with Gasteiger partial charge in [0, 0.05) is 6.54 Å². The average Bonchev–Trinajstić information content (AvgIpc) is 2.78. The quantitative estimate of drug-likeness (QED) is 0.713. The molecule has 0 aliphatic carbocycles. The summed E-state index contributed by atoms with van der Waals surface area (Å²) in [5, 5.41) is 9.01. The molecule has 1 aromatic heterocycles. The first-order valence-corrected chi connectivity index (χ1v) is 6.47. The second-order valence-electron chi connectivity index (χ2n) is 4.51. The third kappa shape index (κ3) is 1.72. The third-order valence-electron chi connectivity index (χ3n) is 3.39. The summed E-state index contributed by atoms with van der Waals surface area (Å²) < 4.78 is 3.36. The maximum Gasteiger partial charge on any atom is 0.333 e. The van der Waals surface area contributed by atoms with Gasteiger partial charge in [0.25, 0.3) is 0 Å². The maximum atomic E-state index is 12.6. The normalized spacial score (nSPS) is 10.6. The zero-order valence-corrected chi connectivity index (χ0v) is 11.1. The molecular formula is C16H13N3O. The fourth-order valence-corrected chi connectivity index (χ4v) is 2.46. The Morgan fingerprint density at radius 2 is 1.85 bits per heavy atom. The van der Waals surface area contributed by atoms with Crippen LogP contribution in [0.15, 0.2) is 53.3 Å². The highest BCUT2D eigenvalue weighted by molar-refractivity contribution is 5.79. The minimum absolute atomic E-state index is 0.0798. The van der Waals surface area contributed by atoms with Crippen LogP contribution in [0.2, 0.25) is 0 Å². The van der Waals surface area contributed by atoms with Crippen LogP contribution in [0.25, 0.3) is 16.7 Å². The Morgan fingerprint density at radius 3 is 2.50 bits per heavy atom. The van der Waals surface area contributed by atoms with Crippen molar-refractivity contribution in [2.24, 2.45) is 0 Å². The Balaban J connectivity index is 2.42. The number of fused-ring (bicyclic) bond motifs is 1. The standard InChI is InChI=1S/C16H13N3O/c1-2-18-15-10-12(11-17)8-9-14(15)19(16(18)20)13-6-4-3-5-7-13/h3-10H,2H2,1H3. The molecule has 0 saturated carbocycles. The number of aromatic nitrogens is 2. The summed E-state index contributed by atoms with van der Waals surface area (Å²) in [5.74, 6) is 0. The first-order valence-electron chi connectivity index (χ1n) is 6.47. The minimum Gasteiger partial charge on any atom is -0.292 e. The Hall–Kier alpha value is -2.80. The van der Waals surface area contributed by atoms with Crippen molar-refractivity contribution in [3.8, 4) is 11.8 Å². The highest BCUT2D eigenvalue weighted by atomic mass is 16.1. The number of rotatable bonds is 2. The fraction of sp³-hybridized carbons (Fsp3) is 0.125. The van der Waals surface area contributed by atoms with Gasteiger partial charge in [-0.3, -0.25) is 9.13 Å². The number of hydrogen-bond acceptors (Lipinski definition) is 2. The zero-order valence-electron chi connectivity index (χ0n) is 11.1. The van der Waals surface area contributed by atoms with Gasteiger partial charge in [-0.25, -0.2) is 4.79 Å². The molecule has 1 heterocycles. The van der Waals surface area contributed by atoms with E-state index in [-0.39, 0.29) is 5.69 Å². The minimum atomic E-state index is -0.0798. The first kappa shape index (κ1) is 12.2. The number of hydrogen-bond donors (Lipinski definition) is 0. The van der Waals surface area contributed by atoms with Crippen molar-refractivity contribution < 1.29 is 0 Å². The highest BCUT2D eigenvalue weighted by Crippen LogP contribution is 2.19. The topological polar surface area (TPSA) is 50.7 Å². The van der Waals surface area contributed by atoms with Gasteiger partial charge in [0.15, 0.2) is 0 Å². The predicted molar refractivity (Wildman–Crippen MR) is 77.9 cm³/mol. The highest BCUT2D eigenvalue weighted by Gasteiger charge is 2.13. The van der Waals surface area contributed by atoms with Crippen molar-refractivity contribution in [1.29, 1.82) is 5.26 Å². The Kier molecular flexibility index (Phi) is 2.88. The molecule has 3 rings (SSSR count).